The summed E-state index contributed by atoms with van der Waals surface area (Å²) >= 11 is 0. The Bertz CT molecular complexity index is 262. The summed E-state index contributed by atoms with van der Waals surface area (Å²) in [4.78, 5) is 12.0. The minimum absolute atomic E-state index is 0.0551. The van der Waals surface area contributed by atoms with Crippen LogP contribution in [-0.4, -0.2) is 5.91 Å². The third kappa shape index (κ3) is 2.83. The first-order valence-electron chi connectivity index (χ1n) is 7.25. The summed E-state index contributed by atoms with van der Waals surface area (Å²) < 4.78 is 0. The second-order valence-electron chi connectivity index (χ2n) is 6.28. The molecule has 3 atom stereocenters. The molecule has 100 valence electrons. The molecule has 0 aliphatic heterocycles. The zero-order chi connectivity index (χ0) is 13.1. The fourth-order valence-electron chi connectivity index (χ4n) is 3.70. The number of unbranched alkanes of at least 4 members (excludes halogenated alkanes) is 1. The fourth-order valence-corrected chi connectivity index (χ4v) is 3.70. The average molecular weight is 239 g/mol. The molecule has 2 heteroatoms. The molecule has 0 aromatic rings. The molecule has 1 aliphatic rings. The van der Waals surface area contributed by atoms with Crippen LogP contribution >= 0.6 is 0 Å². The lowest BCUT2D eigenvalue weighted by Gasteiger charge is -2.47. The van der Waals surface area contributed by atoms with E-state index in [1.807, 2.05) is 0 Å². The number of hydrogen-bond donors (Lipinski definition) is 1. The van der Waals surface area contributed by atoms with E-state index in [1.165, 1.54) is 25.7 Å². The summed E-state index contributed by atoms with van der Waals surface area (Å²) in [6.45, 7) is 8.86. The highest BCUT2D eigenvalue weighted by atomic mass is 16.1. The lowest BCUT2D eigenvalue weighted by molar-refractivity contribution is -0.138. The SMILES string of the molecule is CCCCC1CC(C)CCC1(C(N)=O)C(C)C. The molecule has 17 heavy (non-hydrogen) atoms. The van der Waals surface area contributed by atoms with Crippen molar-refractivity contribution in [1.82, 2.24) is 0 Å². The van der Waals surface area contributed by atoms with E-state index in [1.54, 1.807) is 0 Å². The van der Waals surface area contributed by atoms with Crippen LogP contribution in [0, 0.1) is 23.2 Å². The number of nitrogens with two attached hydrogens (primary N) is 1. The second-order valence-corrected chi connectivity index (χ2v) is 6.28. The maximum absolute atomic E-state index is 12.0. The molecule has 0 spiro atoms. The first kappa shape index (κ1) is 14.5. The first-order valence-corrected chi connectivity index (χ1v) is 7.25. The Morgan fingerprint density at radius 3 is 2.59 bits per heavy atom. The standard InChI is InChI=1S/C15H29NO/c1-5-6-7-13-10-12(4)8-9-15(13,11(2)3)14(16)17/h11-13H,5-10H2,1-4H3,(H2,16,17). The summed E-state index contributed by atoms with van der Waals surface area (Å²) in [5, 5.41) is 0. The van der Waals surface area contributed by atoms with Crippen LogP contribution in [-0.2, 0) is 4.79 Å². The first-order chi connectivity index (χ1) is 7.95. The van der Waals surface area contributed by atoms with E-state index in [2.05, 4.69) is 27.7 Å². The van der Waals surface area contributed by atoms with E-state index in [0.29, 0.717) is 11.8 Å². The molecule has 1 rings (SSSR count). The van der Waals surface area contributed by atoms with Crippen molar-refractivity contribution in [1.29, 1.82) is 0 Å². The van der Waals surface area contributed by atoms with Gasteiger partial charge in [0, 0.05) is 0 Å². The zero-order valence-corrected chi connectivity index (χ0v) is 12.0. The molecule has 1 amide bonds. The molecule has 2 nitrogen and oxygen atoms in total. The minimum atomic E-state index is -0.234. The normalized spacial score (nSPS) is 33.9. The summed E-state index contributed by atoms with van der Waals surface area (Å²) in [6, 6.07) is 0. The third-order valence-electron chi connectivity index (χ3n) is 4.86. The highest BCUT2D eigenvalue weighted by molar-refractivity contribution is 5.81. The molecule has 0 radical (unpaired) electrons. The van der Waals surface area contributed by atoms with E-state index < -0.39 is 0 Å². The van der Waals surface area contributed by atoms with Crippen LogP contribution in [0.3, 0.4) is 0 Å². The summed E-state index contributed by atoms with van der Waals surface area (Å²) in [5.41, 5.74) is 5.54. The van der Waals surface area contributed by atoms with Crippen molar-refractivity contribution < 1.29 is 4.79 Å². The Morgan fingerprint density at radius 2 is 2.12 bits per heavy atom. The quantitative estimate of drug-likeness (QED) is 0.780. The Balaban J connectivity index is 2.92. The molecule has 0 saturated heterocycles. The van der Waals surface area contributed by atoms with Gasteiger partial charge in [-0.25, -0.2) is 0 Å². The smallest absolute Gasteiger partial charge is 0.224 e. The number of hydrogen-bond acceptors (Lipinski definition) is 1. The Hall–Kier alpha value is -0.530. The van der Waals surface area contributed by atoms with Crippen LogP contribution in [0.25, 0.3) is 0 Å². The van der Waals surface area contributed by atoms with E-state index in [0.717, 1.165) is 18.8 Å². The van der Waals surface area contributed by atoms with Crippen molar-refractivity contribution in [3.8, 4) is 0 Å². The zero-order valence-electron chi connectivity index (χ0n) is 12.0. The van der Waals surface area contributed by atoms with E-state index in [4.69, 9.17) is 5.73 Å². The molecule has 0 aromatic carbocycles. The van der Waals surface area contributed by atoms with Crippen molar-refractivity contribution in [3.05, 3.63) is 0 Å². The van der Waals surface area contributed by atoms with Gasteiger partial charge in [0.1, 0.15) is 0 Å². The highest BCUT2D eigenvalue weighted by Gasteiger charge is 2.48. The summed E-state index contributed by atoms with van der Waals surface area (Å²) in [6.07, 6.45) is 6.93. The molecule has 1 saturated carbocycles. The molecular formula is C15H29NO. The lowest BCUT2D eigenvalue weighted by Crippen LogP contribution is -2.50. The van der Waals surface area contributed by atoms with Gasteiger partial charge in [0.15, 0.2) is 0 Å². The van der Waals surface area contributed by atoms with Crippen LogP contribution < -0.4 is 5.73 Å². The van der Waals surface area contributed by atoms with Gasteiger partial charge < -0.3 is 5.73 Å². The Kier molecular flexibility index (Phi) is 5.03. The van der Waals surface area contributed by atoms with Crippen molar-refractivity contribution >= 4 is 5.91 Å². The Morgan fingerprint density at radius 1 is 1.47 bits per heavy atom. The molecule has 3 unspecified atom stereocenters. The van der Waals surface area contributed by atoms with Crippen molar-refractivity contribution in [2.45, 2.75) is 66.2 Å². The minimum Gasteiger partial charge on any atom is -0.369 e. The lowest BCUT2D eigenvalue weighted by atomic mass is 9.57. The van der Waals surface area contributed by atoms with Crippen LogP contribution in [0.1, 0.15) is 66.2 Å². The number of primary amides is 1. The monoisotopic (exact) mass is 239 g/mol. The molecule has 2 N–H and O–H groups in total. The van der Waals surface area contributed by atoms with Gasteiger partial charge in [0.25, 0.3) is 0 Å². The number of carbonyl (C=O) groups excluding carboxylic acids is 1. The number of rotatable bonds is 5. The molecular weight excluding hydrogens is 210 g/mol. The van der Waals surface area contributed by atoms with Gasteiger partial charge in [0.05, 0.1) is 5.41 Å². The van der Waals surface area contributed by atoms with Gasteiger partial charge in [-0.05, 0) is 43.4 Å². The molecule has 0 aromatic heterocycles. The van der Waals surface area contributed by atoms with Gasteiger partial charge in [-0.15, -0.1) is 0 Å². The van der Waals surface area contributed by atoms with Gasteiger partial charge >= 0.3 is 0 Å². The average Bonchev–Trinajstić information content (AvgIpc) is 2.25. The van der Waals surface area contributed by atoms with Crippen LogP contribution in [0.2, 0.25) is 0 Å². The maximum atomic E-state index is 12.0. The van der Waals surface area contributed by atoms with Crippen LogP contribution in [0.15, 0.2) is 0 Å². The van der Waals surface area contributed by atoms with E-state index in [-0.39, 0.29) is 11.3 Å². The van der Waals surface area contributed by atoms with Gasteiger partial charge in [-0.1, -0.05) is 40.5 Å². The topological polar surface area (TPSA) is 43.1 Å². The van der Waals surface area contributed by atoms with Crippen LogP contribution in [0.4, 0.5) is 0 Å². The van der Waals surface area contributed by atoms with Gasteiger partial charge in [0.2, 0.25) is 5.91 Å². The molecule has 1 fully saturated rings. The summed E-state index contributed by atoms with van der Waals surface area (Å²) in [5.74, 6) is 1.57. The van der Waals surface area contributed by atoms with E-state index in [9.17, 15) is 4.79 Å². The van der Waals surface area contributed by atoms with E-state index >= 15 is 0 Å². The predicted octanol–water partition coefficient (Wildman–Crippen LogP) is 3.74. The Labute approximate surface area is 106 Å². The van der Waals surface area contributed by atoms with Gasteiger partial charge in [-0.3, -0.25) is 4.79 Å². The molecule has 1 aliphatic carbocycles. The van der Waals surface area contributed by atoms with Crippen molar-refractivity contribution in [3.63, 3.8) is 0 Å². The van der Waals surface area contributed by atoms with Gasteiger partial charge in [-0.2, -0.15) is 0 Å². The molecule has 0 bridgehead atoms. The third-order valence-corrected chi connectivity index (χ3v) is 4.86. The predicted molar refractivity (Wildman–Crippen MR) is 72.5 cm³/mol. The maximum Gasteiger partial charge on any atom is 0.224 e. The summed E-state index contributed by atoms with van der Waals surface area (Å²) in [7, 11) is 0. The number of amides is 1. The van der Waals surface area contributed by atoms with Crippen molar-refractivity contribution in [2.75, 3.05) is 0 Å². The largest absolute Gasteiger partial charge is 0.369 e. The second kappa shape index (κ2) is 5.88. The fraction of sp³-hybridized carbons (Fsp3) is 0.933. The highest BCUT2D eigenvalue weighted by Crippen LogP contribution is 2.50. The molecule has 0 heterocycles. The van der Waals surface area contributed by atoms with Crippen molar-refractivity contribution in [2.24, 2.45) is 28.9 Å². The number of carbonyl (C=O) groups is 1. The van der Waals surface area contributed by atoms with Crippen LogP contribution in [0.5, 0.6) is 0 Å².